The SMILES string of the molecule is O=C1CCN(c2cccc(NCc3ccc(CN4CCC(F)(F)CC4)cc3)c2)C(=O)N1. The van der Waals surface area contributed by atoms with E-state index in [1.165, 1.54) is 0 Å². The Bertz CT molecular complexity index is 939. The van der Waals surface area contributed by atoms with Gasteiger partial charge in [-0.3, -0.25) is 19.9 Å². The lowest BCUT2D eigenvalue weighted by Gasteiger charge is -2.31. The lowest BCUT2D eigenvalue weighted by atomic mass is 10.1. The van der Waals surface area contributed by atoms with Gasteiger partial charge < -0.3 is 5.32 Å². The van der Waals surface area contributed by atoms with E-state index in [9.17, 15) is 18.4 Å². The van der Waals surface area contributed by atoms with Crippen LogP contribution < -0.4 is 15.5 Å². The maximum atomic E-state index is 13.3. The summed E-state index contributed by atoms with van der Waals surface area (Å²) in [5, 5.41) is 5.69. The second-order valence-electron chi connectivity index (χ2n) is 8.11. The van der Waals surface area contributed by atoms with Gasteiger partial charge in [-0.1, -0.05) is 30.3 Å². The predicted octanol–water partition coefficient (Wildman–Crippen LogP) is 3.98. The van der Waals surface area contributed by atoms with Crippen LogP contribution >= 0.6 is 0 Å². The number of urea groups is 1. The zero-order valence-electron chi connectivity index (χ0n) is 17.2. The fourth-order valence-corrected chi connectivity index (χ4v) is 3.86. The van der Waals surface area contributed by atoms with Crippen LogP contribution in [0.3, 0.4) is 0 Å². The molecular weight excluding hydrogens is 402 g/mol. The zero-order chi connectivity index (χ0) is 21.8. The Labute approximate surface area is 180 Å². The Morgan fingerprint density at radius 1 is 0.968 bits per heavy atom. The highest BCUT2D eigenvalue weighted by Crippen LogP contribution is 2.28. The highest BCUT2D eigenvalue weighted by Gasteiger charge is 2.33. The van der Waals surface area contributed by atoms with E-state index in [-0.39, 0.29) is 25.2 Å². The van der Waals surface area contributed by atoms with E-state index < -0.39 is 12.0 Å². The number of hydrogen-bond acceptors (Lipinski definition) is 4. The second-order valence-corrected chi connectivity index (χ2v) is 8.11. The first-order valence-electron chi connectivity index (χ1n) is 10.5. The van der Waals surface area contributed by atoms with Gasteiger partial charge >= 0.3 is 6.03 Å². The zero-order valence-corrected chi connectivity index (χ0v) is 17.2. The minimum atomic E-state index is -2.52. The minimum Gasteiger partial charge on any atom is -0.381 e. The molecule has 2 heterocycles. The fraction of sp³-hybridized carbons (Fsp3) is 0.391. The van der Waals surface area contributed by atoms with Crippen molar-refractivity contribution in [2.45, 2.75) is 38.3 Å². The Balaban J connectivity index is 1.30. The van der Waals surface area contributed by atoms with Crippen molar-refractivity contribution in [1.29, 1.82) is 0 Å². The molecule has 8 heteroatoms. The van der Waals surface area contributed by atoms with E-state index in [0.29, 0.717) is 32.7 Å². The van der Waals surface area contributed by atoms with Crippen LogP contribution in [0.5, 0.6) is 0 Å². The third kappa shape index (κ3) is 5.58. The number of nitrogens with one attached hydrogen (secondary N) is 2. The van der Waals surface area contributed by atoms with Crippen molar-refractivity contribution in [1.82, 2.24) is 10.2 Å². The van der Waals surface area contributed by atoms with Gasteiger partial charge in [0.05, 0.1) is 0 Å². The normalized spacial score (nSPS) is 19.2. The maximum absolute atomic E-state index is 13.3. The van der Waals surface area contributed by atoms with Gasteiger partial charge in [0.1, 0.15) is 0 Å². The molecule has 6 nitrogen and oxygen atoms in total. The summed E-state index contributed by atoms with van der Waals surface area (Å²) in [6.45, 7) is 2.52. The van der Waals surface area contributed by atoms with Crippen molar-refractivity contribution >= 4 is 23.3 Å². The van der Waals surface area contributed by atoms with Crippen LogP contribution in [-0.2, 0) is 17.9 Å². The summed E-state index contributed by atoms with van der Waals surface area (Å²) < 4.78 is 26.6. The van der Waals surface area contributed by atoms with Crippen molar-refractivity contribution in [3.63, 3.8) is 0 Å². The van der Waals surface area contributed by atoms with Gasteiger partial charge in [0.15, 0.2) is 0 Å². The van der Waals surface area contributed by atoms with Gasteiger partial charge in [-0.25, -0.2) is 13.6 Å². The molecule has 0 bridgehead atoms. The molecule has 31 heavy (non-hydrogen) atoms. The Morgan fingerprint density at radius 3 is 2.39 bits per heavy atom. The molecule has 2 saturated heterocycles. The molecule has 2 aromatic carbocycles. The van der Waals surface area contributed by atoms with Crippen molar-refractivity contribution in [2.24, 2.45) is 0 Å². The van der Waals surface area contributed by atoms with Gasteiger partial charge in [-0.05, 0) is 29.3 Å². The summed E-state index contributed by atoms with van der Waals surface area (Å²) in [6.07, 6.45) is 0.155. The van der Waals surface area contributed by atoms with E-state index in [1.807, 2.05) is 48.5 Å². The summed E-state index contributed by atoms with van der Waals surface area (Å²) in [5.41, 5.74) is 3.82. The van der Waals surface area contributed by atoms with Gasteiger partial charge in [0.25, 0.3) is 5.92 Å². The molecule has 2 aromatic rings. The van der Waals surface area contributed by atoms with Crippen LogP contribution in [0, 0.1) is 0 Å². The van der Waals surface area contributed by atoms with E-state index in [0.717, 1.165) is 22.5 Å². The van der Waals surface area contributed by atoms with Crippen molar-refractivity contribution in [2.75, 3.05) is 29.9 Å². The molecule has 2 fully saturated rings. The number of carbonyl (C=O) groups is 2. The van der Waals surface area contributed by atoms with Crippen LogP contribution in [0.25, 0.3) is 0 Å². The van der Waals surface area contributed by atoms with Crippen LogP contribution in [0.15, 0.2) is 48.5 Å². The lowest BCUT2D eigenvalue weighted by molar-refractivity contribution is -0.120. The largest absolute Gasteiger partial charge is 0.381 e. The maximum Gasteiger partial charge on any atom is 0.328 e. The van der Waals surface area contributed by atoms with Crippen LogP contribution in [-0.4, -0.2) is 42.4 Å². The van der Waals surface area contributed by atoms with Gasteiger partial charge in [-0.2, -0.15) is 0 Å². The molecule has 0 atom stereocenters. The van der Waals surface area contributed by atoms with Crippen LogP contribution in [0.1, 0.15) is 30.4 Å². The quantitative estimate of drug-likeness (QED) is 0.731. The average Bonchev–Trinajstić information content (AvgIpc) is 2.75. The highest BCUT2D eigenvalue weighted by molar-refractivity contribution is 6.05. The Morgan fingerprint density at radius 2 is 1.68 bits per heavy atom. The number of benzene rings is 2. The molecule has 2 aliphatic rings. The molecule has 0 saturated carbocycles. The first kappa shape index (κ1) is 21.2. The van der Waals surface area contributed by atoms with Gasteiger partial charge in [0, 0.05) is 63.4 Å². The number of imide groups is 1. The molecule has 0 spiro atoms. The molecule has 3 amide bonds. The fourth-order valence-electron chi connectivity index (χ4n) is 3.86. The Hall–Kier alpha value is -3.00. The monoisotopic (exact) mass is 428 g/mol. The topological polar surface area (TPSA) is 64.7 Å². The molecule has 164 valence electrons. The van der Waals surface area contributed by atoms with Crippen molar-refractivity contribution in [3.05, 3.63) is 59.7 Å². The van der Waals surface area contributed by atoms with E-state index in [4.69, 9.17) is 0 Å². The molecule has 2 aliphatic heterocycles. The molecule has 2 N–H and O–H groups in total. The molecule has 0 radical (unpaired) electrons. The van der Waals surface area contributed by atoms with Gasteiger partial charge in [-0.15, -0.1) is 0 Å². The smallest absolute Gasteiger partial charge is 0.328 e. The lowest BCUT2D eigenvalue weighted by Crippen LogP contribution is -2.49. The molecule has 0 unspecified atom stereocenters. The van der Waals surface area contributed by atoms with Crippen LogP contribution in [0.2, 0.25) is 0 Å². The molecule has 0 aliphatic carbocycles. The van der Waals surface area contributed by atoms with E-state index in [2.05, 4.69) is 15.5 Å². The molecule has 4 rings (SSSR count). The second kappa shape index (κ2) is 9.01. The van der Waals surface area contributed by atoms with Gasteiger partial charge in [0.2, 0.25) is 5.91 Å². The summed E-state index contributed by atoms with van der Waals surface area (Å²) in [5.74, 6) is -2.77. The third-order valence-corrected chi connectivity index (χ3v) is 5.73. The van der Waals surface area contributed by atoms with Crippen molar-refractivity contribution in [3.8, 4) is 0 Å². The number of alkyl halides is 2. The summed E-state index contributed by atoms with van der Waals surface area (Å²) in [6, 6.07) is 15.3. The first-order valence-corrected chi connectivity index (χ1v) is 10.5. The number of halogens is 2. The standard InChI is InChI=1S/C23H26F2N4O2/c24-23(25)9-12-28(13-10-23)16-18-6-4-17(5-7-18)15-26-19-2-1-3-20(14-19)29-11-8-21(30)27-22(29)31/h1-7,14,26H,8-13,15-16H2,(H,27,30,31). The van der Waals surface area contributed by atoms with Crippen LogP contribution in [0.4, 0.5) is 25.0 Å². The number of carbonyl (C=O) groups excluding carboxylic acids is 2. The number of piperidine rings is 1. The van der Waals surface area contributed by atoms with E-state index in [1.54, 1.807) is 4.90 Å². The number of amides is 3. The van der Waals surface area contributed by atoms with E-state index >= 15 is 0 Å². The average molecular weight is 428 g/mol. The number of likely N-dealkylation sites (tertiary alicyclic amines) is 1. The summed E-state index contributed by atoms with van der Waals surface area (Å²) >= 11 is 0. The number of anilines is 2. The summed E-state index contributed by atoms with van der Waals surface area (Å²) in [7, 11) is 0. The number of nitrogens with zero attached hydrogens (tertiary/aromatic N) is 2. The third-order valence-electron chi connectivity index (χ3n) is 5.73. The molecular formula is C23H26F2N4O2. The first-order chi connectivity index (χ1) is 14.9. The Kier molecular flexibility index (Phi) is 6.18. The summed E-state index contributed by atoms with van der Waals surface area (Å²) in [4.78, 5) is 27.0. The predicted molar refractivity (Wildman–Crippen MR) is 115 cm³/mol. The molecule has 0 aromatic heterocycles. The number of rotatable bonds is 6. The minimum absolute atomic E-state index is 0.0660. The van der Waals surface area contributed by atoms with Crippen molar-refractivity contribution < 1.29 is 18.4 Å². The number of hydrogen-bond donors (Lipinski definition) is 2. The highest BCUT2D eigenvalue weighted by atomic mass is 19.3.